The van der Waals surface area contributed by atoms with Crippen LogP contribution in [0.1, 0.15) is 23.7 Å². The van der Waals surface area contributed by atoms with E-state index in [1.165, 1.54) is 12.0 Å². The van der Waals surface area contributed by atoms with Gasteiger partial charge in [0.15, 0.2) is 0 Å². The topological polar surface area (TPSA) is 137 Å². The fraction of sp³-hybridized carbons (Fsp3) is 0.300. The van der Waals surface area contributed by atoms with Crippen LogP contribution in [0.3, 0.4) is 0 Å². The SMILES string of the molecule is CCOC(=O)C1=C(N)Oc2n[nH]c(C)c2[C@@]12C(=O)N(CC(=O)OC)c1ccccc12. The molecule has 0 aliphatic carbocycles. The third kappa shape index (κ3) is 2.43. The molecule has 1 amide bonds. The number of carbonyl (C=O) groups is 3. The summed E-state index contributed by atoms with van der Waals surface area (Å²) in [5.41, 5.74) is 6.09. The second-order valence-corrected chi connectivity index (χ2v) is 6.83. The van der Waals surface area contributed by atoms with Gasteiger partial charge in [-0.3, -0.25) is 19.6 Å². The molecule has 2 aliphatic rings. The Labute approximate surface area is 171 Å². The molecule has 1 spiro atoms. The lowest BCUT2D eigenvalue weighted by Gasteiger charge is -2.34. The molecule has 4 rings (SSSR count). The molecule has 2 aliphatic heterocycles. The Morgan fingerprint density at radius 2 is 2.07 bits per heavy atom. The minimum atomic E-state index is -1.67. The van der Waals surface area contributed by atoms with Gasteiger partial charge < -0.3 is 19.9 Å². The van der Waals surface area contributed by atoms with Crippen molar-refractivity contribution in [2.24, 2.45) is 5.73 Å². The average Bonchev–Trinajstić information content (AvgIpc) is 3.20. The summed E-state index contributed by atoms with van der Waals surface area (Å²) < 4.78 is 15.6. The Balaban J connectivity index is 2.06. The van der Waals surface area contributed by atoms with Crippen LogP contribution in [0, 0.1) is 6.92 Å². The summed E-state index contributed by atoms with van der Waals surface area (Å²) in [5, 5.41) is 6.89. The lowest BCUT2D eigenvalue weighted by atomic mass is 9.68. The number of H-pyrrole nitrogens is 1. The van der Waals surface area contributed by atoms with Crippen molar-refractivity contribution in [2.75, 3.05) is 25.2 Å². The number of nitrogens with one attached hydrogen (secondary N) is 1. The van der Waals surface area contributed by atoms with Crippen LogP contribution in [-0.2, 0) is 29.3 Å². The number of aromatic amines is 1. The summed E-state index contributed by atoms with van der Waals surface area (Å²) in [6.07, 6.45) is 0. The number of aryl methyl sites for hydroxylation is 1. The van der Waals surface area contributed by atoms with Crippen molar-refractivity contribution in [3.63, 3.8) is 0 Å². The number of anilines is 1. The third-order valence-corrected chi connectivity index (χ3v) is 5.28. The summed E-state index contributed by atoms with van der Waals surface area (Å²) in [6.45, 7) is 3.09. The van der Waals surface area contributed by atoms with Crippen molar-refractivity contribution in [1.29, 1.82) is 0 Å². The van der Waals surface area contributed by atoms with Crippen LogP contribution in [0.2, 0.25) is 0 Å². The molecule has 1 atom stereocenters. The number of hydrogen-bond acceptors (Lipinski definition) is 8. The number of nitrogens with two attached hydrogens (primary N) is 1. The Kier molecular flexibility index (Phi) is 4.49. The Morgan fingerprint density at radius 3 is 2.77 bits per heavy atom. The first-order valence-electron chi connectivity index (χ1n) is 9.26. The summed E-state index contributed by atoms with van der Waals surface area (Å²) >= 11 is 0. The molecule has 3 heterocycles. The Bertz CT molecular complexity index is 1100. The van der Waals surface area contributed by atoms with E-state index in [2.05, 4.69) is 10.2 Å². The Morgan fingerprint density at radius 1 is 1.33 bits per heavy atom. The summed E-state index contributed by atoms with van der Waals surface area (Å²) in [6, 6.07) is 6.86. The van der Waals surface area contributed by atoms with Crippen molar-refractivity contribution in [3.8, 4) is 5.88 Å². The van der Waals surface area contributed by atoms with Crippen molar-refractivity contribution in [1.82, 2.24) is 10.2 Å². The van der Waals surface area contributed by atoms with Crippen molar-refractivity contribution >= 4 is 23.5 Å². The number of methoxy groups -OCH3 is 1. The van der Waals surface area contributed by atoms with Gasteiger partial charge >= 0.3 is 11.9 Å². The maximum absolute atomic E-state index is 14.0. The normalized spacial score (nSPS) is 19.4. The highest BCUT2D eigenvalue weighted by atomic mass is 16.5. The number of ether oxygens (including phenoxy) is 3. The van der Waals surface area contributed by atoms with Crippen molar-refractivity contribution in [3.05, 3.63) is 52.5 Å². The number of aromatic nitrogens is 2. The molecule has 0 unspecified atom stereocenters. The quantitative estimate of drug-likeness (QED) is 0.699. The molecule has 10 nitrogen and oxygen atoms in total. The predicted molar refractivity (Wildman–Crippen MR) is 103 cm³/mol. The zero-order chi connectivity index (χ0) is 21.6. The second-order valence-electron chi connectivity index (χ2n) is 6.83. The maximum Gasteiger partial charge on any atom is 0.341 e. The fourth-order valence-electron chi connectivity index (χ4n) is 4.13. The number of esters is 2. The number of hydrogen-bond donors (Lipinski definition) is 2. The molecule has 0 radical (unpaired) electrons. The van der Waals surface area contributed by atoms with Crippen LogP contribution in [0.15, 0.2) is 35.7 Å². The van der Waals surface area contributed by atoms with Crippen LogP contribution in [0.4, 0.5) is 5.69 Å². The fourth-order valence-corrected chi connectivity index (χ4v) is 4.13. The van der Waals surface area contributed by atoms with E-state index in [0.29, 0.717) is 22.5 Å². The van der Waals surface area contributed by atoms with Gasteiger partial charge in [0.2, 0.25) is 17.7 Å². The van der Waals surface area contributed by atoms with E-state index >= 15 is 0 Å². The van der Waals surface area contributed by atoms with Gasteiger partial charge in [0, 0.05) is 16.9 Å². The van der Waals surface area contributed by atoms with E-state index in [0.717, 1.165) is 0 Å². The summed E-state index contributed by atoms with van der Waals surface area (Å²) in [5.74, 6) is -2.14. The lowest BCUT2D eigenvalue weighted by Crippen LogP contribution is -2.49. The molecule has 0 saturated heterocycles. The highest BCUT2D eigenvalue weighted by molar-refractivity contribution is 6.19. The molecule has 0 bridgehead atoms. The molecule has 0 fully saturated rings. The van der Waals surface area contributed by atoms with Crippen LogP contribution in [0.25, 0.3) is 0 Å². The smallest absolute Gasteiger partial charge is 0.341 e. The van der Waals surface area contributed by atoms with Crippen LogP contribution in [0.5, 0.6) is 5.88 Å². The van der Waals surface area contributed by atoms with Gasteiger partial charge in [0.1, 0.15) is 17.5 Å². The van der Waals surface area contributed by atoms with Gasteiger partial charge in [-0.25, -0.2) is 4.79 Å². The van der Waals surface area contributed by atoms with Crippen LogP contribution in [-0.4, -0.2) is 48.3 Å². The van der Waals surface area contributed by atoms with E-state index in [4.69, 9.17) is 19.9 Å². The molecule has 1 aromatic heterocycles. The molecular formula is C20H20N4O6. The van der Waals surface area contributed by atoms with Crippen molar-refractivity contribution < 1.29 is 28.6 Å². The Hall–Kier alpha value is -3.82. The van der Waals surface area contributed by atoms with Gasteiger partial charge in [-0.1, -0.05) is 18.2 Å². The minimum Gasteiger partial charge on any atom is -0.468 e. The van der Waals surface area contributed by atoms with E-state index in [9.17, 15) is 14.4 Å². The first-order chi connectivity index (χ1) is 14.4. The highest BCUT2D eigenvalue weighted by Gasteiger charge is 2.62. The standard InChI is InChI=1S/C20H20N4O6/c1-4-29-18(26)15-16(21)30-17-14(10(2)22-23-17)20(15)11-7-5-6-8-12(11)24(19(20)27)9-13(25)28-3/h5-8H,4,9,21H2,1-3H3,(H,22,23)/t20-/m1/s1. The van der Waals surface area contributed by atoms with E-state index in [-0.39, 0.29) is 30.5 Å². The lowest BCUT2D eigenvalue weighted by molar-refractivity contribution is -0.141. The first kappa shape index (κ1) is 19.5. The molecule has 30 heavy (non-hydrogen) atoms. The number of benzene rings is 1. The molecular weight excluding hydrogens is 392 g/mol. The molecule has 2 aromatic rings. The number of amides is 1. The van der Waals surface area contributed by atoms with Gasteiger partial charge in [0.05, 0.1) is 19.3 Å². The van der Waals surface area contributed by atoms with Gasteiger partial charge in [0.25, 0.3) is 0 Å². The number of para-hydroxylation sites is 1. The summed E-state index contributed by atoms with van der Waals surface area (Å²) in [4.78, 5) is 40.3. The predicted octanol–water partition coefficient (Wildman–Crippen LogP) is 0.650. The first-order valence-corrected chi connectivity index (χ1v) is 9.26. The molecule has 156 valence electrons. The zero-order valence-electron chi connectivity index (χ0n) is 16.6. The zero-order valence-corrected chi connectivity index (χ0v) is 16.6. The minimum absolute atomic E-state index is 0.0740. The van der Waals surface area contributed by atoms with Crippen LogP contribution >= 0.6 is 0 Å². The van der Waals surface area contributed by atoms with E-state index < -0.39 is 23.3 Å². The third-order valence-electron chi connectivity index (χ3n) is 5.28. The summed E-state index contributed by atoms with van der Waals surface area (Å²) in [7, 11) is 1.24. The average molecular weight is 412 g/mol. The molecule has 10 heteroatoms. The number of rotatable bonds is 4. The number of nitrogens with zero attached hydrogens (tertiary/aromatic N) is 2. The maximum atomic E-state index is 14.0. The molecule has 1 aromatic carbocycles. The molecule has 3 N–H and O–H groups in total. The number of carbonyl (C=O) groups excluding carboxylic acids is 3. The van der Waals surface area contributed by atoms with E-state index in [1.54, 1.807) is 38.1 Å². The molecule has 0 saturated carbocycles. The van der Waals surface area contributed by atoms with Gasteiger partial charge in [-0.2, -0.15) is 0 Å². The monoisotopic (exact) mass is 412 g/mol. The van der Waals surface area contributed by atoms with Gasteiger partial charge in [-0.05, 0) is 19.9 Å². The largest absolute Gasteiger partial charge is 0.468 e. The highest BCUT2D eigenvalue weighted by Crippen LogP contribution is 2.55. The number of fused-ring (bicyclic) bond motifs is 4. The van der Waals surface area contributed by atoms with Crippen molar-refractivity contribution in [2.45, 2.75) is 19.3 Å². The van der Waals surface area contributed by atoms with Gasteiger partial charge in [-0.15, -0.1) is 5.10 Å². The van der Waals surface area contributed by atoms with E-state index in [1.807, 2.05) is 0 Å². The van der Waals surface area contributed by atoms with Crippen LogP contribution < -0.4 is 15.4 Å². The second kappa shape index (κ2) is 6.90.